The number of aromatic amines is 1. The number of H-pyrrole nitrogens is 1. The minimum absolute atomic E-state index is 0.0220. The molecule has 4 aromatic rings. The van der Waals surface area contributed by atoms with Gasteiger partial charge in [-0.25, -0.2) is 4.79 Å². The first-order valence-electron chi connectivity index (χ1n) is 19.2. The number of aryl methyl sites for hydroxylation is 1. The second-order valence-corrected chi connectivity index (χ2v) is 14.5. The number of amides is 7. The molecule has 7 amide bonds. The molecule has 3 aromatic carbocycles. The smallest absolute Gasteiger partial charge is 0.312 e. The van der Waals surface area contributed by atoms with Crippen molar-refractivity contribution >= 4 is 46.5 Å². The molecule has 0 aliphatic carbocycles. The number of nitrogens with zero attached hydrogens (tertiary/aromatic N) is 1. The molecule has 57 heavy (non-hydrogen) atoms. The normalized spacial score (nSPS) is 16.8. The maximum atomic E-state index is 15.0. The summed E-state index contributed by atoms with van der Waals surface area (Å²) in [6.07, 6.45) is 4.38. The Balaban J connectivity index is 1.54. The molecule has 2 heterocycles. The van der Waals surface area contributed by atoms with E-state index < -0.39 is 59.1 Å². The van der Waals surface area contributed by atoms with Crippen LogP contribution in [0.3, 0.4) is 0 Å². The van der Waals surface area contributed by atoms with E-state index in [4.69, 9.17) is 11.5 Å². The van der Waals surface area contributed by atoms with Crippen LogP contribution in [0.1, 0.15) is 54.4 Å². The molecule has 0 bridgehead atoms. The van der Waals surface area contributed by atoms with E-state index >= 15 is 4.79 Å². The molecule has 300 valence electrons. The summed E-state index contributed by atoms with van der Waals surface area (Å²) in [5.74, 6) is -4.45. The third-order valence-corrected chi connectivity index (χ3v) is 10.6. The van der Waals surface area contributed by atoms with Crippen LogP contribution in [0.25, 0.3) is 10.9 Å². The number of likely N-dealkylation sites (tertiary alicyclic amines) is 1. The highest BCUT2D eigenvalue weighted by Gasteiger charge is 2.56. The molecule has 14 heteroatoms. The fraction of sp³-hybridized carbons (Fsp3) is 0.349. The van der Waals surface area contributed by atoms with Crippen molar-refractivity contribution in [2.75, 3.05) is 13.1 Å². The Bertz CT molecular complexity index is 2070. The van der Waals surface area contributed by atoms with Gasteiger partial charge in [-0.2, -0.15) is 0 Å². The summed E-state index contributed by atoms with van der Waals surface area (Å²) in [5, 5.41) is 11.9. The van der Waals surface area contributed by atoms with Crippen molar-refractivity contribution in [2.24, 2.45) is 17.4 Å². The fourth-order valence-electron chi connectivity index (χ4n) is 7.64. The van der Waals surface area contributed by atoms with Crippen LogP contribution < -0.4 is 32.7 Å². The predicted octanol–water partition coefficient (Wildman–Crippen LogP) is 3.03. The van der Waals surface area contributed by atoms with Gasteiger partial charge in [0.25, 0.3) is 0 Å². The Hall–Kier alpha value is -6.44. The fourth-order valence-corrected chi connectivity index (χ4v) is 7.64. The van der Waals surface area contributed by atoms with Crippen molar-refractivity contribution in [2.45, 2.75) is 76.0 Å². The first-order valence-corrected chi connectivity index (χ1v) is 19.2. The van der Waals surface area contributed by atoms with Crippen molar-refractivity contribution in [3.05, 3.63) is 120 Å². The number of nitrogens with one attached hydrogen (secondary N) is 5. The highest BCUT2D eigenvalue weighted by atomic mass is 16.2. The standard InChI is InChI=1S/C43H52N8O6/c1-3-37(52)49-36(24-29-12-5-4-6-13-29)40(55)51-23-10-9-21-43(51,41(44)56)33(25-31-27-47-34-15-8-7-14-32(31)34)38(53)50-35(16-11-22-46-42(45)57)39(54)48-26-30-19-17-28(2)18-20-30/h3-8,12-15,17-20,27,33,35-36,47H,1,9-11,16,21-26H2,2H3,(H2,44,56)(H,48,54)(H,49,52)(H,50,53)(H3,45,46,57)/t33-,35+,36+,43?/m1/s1. The minimum atomic E-state index is -1.86. The van der Waals surface area contributed by atoms with Crippen molar-refractivity contribution in [3.63, 3.8) is 0 Å². The maximum Gasteiger partial charge on any atom is 0.312 e. The van der Waals surface area contributed by atoms with Crippen molar-refractivity contribution in [1.82, 2.24) is 31.2 Å². The van der Waals surface area contributed by atoms with Gasteiger partial charge < -0.3 is 42.6 Å². The minimum Gasteiger partial charge on any atom is -0.368 e. The molecule has 9 N–H and O–H groups in total. The van der Waals surface area contributed by atoms with Crippen LogP contribution in [0, 0.1) is 12.8 Å². The lowest BCUT2D eigenvalue weighted by molar-refractivity contribution is -0.159. The zero-order valence-electron chi connectivity index (χ0n) is 32.2. The summed E-state index contributed by atoms with van der Waals surface area (Å²) in [6.45, 7) is 5.94. The van der Waals surface area contributed by atoms with Crippen molar-refractivity contribution < 1.29 is 28.8 Å². The van der Waals surface area contributed by atoms with Gasteiger partial charge in [0.2, 0.25) is 29.5 Å². The molecule has 0 spiro atoms. The van der Waals surface area contributed by atoms with E-state index in [0.29, 0.717) is 18.4 Å². The van der Waals surface area contributed by atoms with E-state index in [1.54, 1.807) is 6.20 Å². The molecular formula is C43H52N8O6. The zero-order valence-corrected chi connectivity index (χ0v) is 32.2. The third-order valence-electron chi connectivity index (χ3n) is 10.6. The van der Waals surface area contributed by atoms with Crippen LogP contribution in [0.4, 0.5) is 4.79 Å². The molecule has 14 nitrogen and oxygen atoms in total. The van der Waals surface area contributed by atoms with E-state index in [9.17, 15) is 24.0 Å². The third kappa shape index (κ3) is 10.5. The van der Waals surface area contributed by atoms with Crippen LogP contribution in [-0.4, -0.2) is 76.2 Å². The molecule has 1 aromatic heterocycles. The van der Waals surface area contributed by atoms with Gasteiger partial charge in [-0.1, -0.05) is 84.9 Å². The lowest BCUT2D eigenvalue weighted by Gasteiger charge is -2.50. The predicted molar refractivity (Wildman–Crippen MR) is 217 cm³/mol. The Morgan fingerprint density at radius 3 is 2.26 bits per heavy atom. The van der Waals surface area contributed by atoms with E-state index in [-0.39, 0.29) is 51.7 Å². The zero-order chi connectivity index (χ0) is 41.0. The lowest BCUT2D eigenvalue weighted by Crippen LogP contribution is -2.71. The van der Waals surface area contributed by atoms with Crippen molar-refractivity contribution in [1.29, 1.82) is 0 Å². The maximum absolute atomic E-state index is 15.0. The number of rotatable bonds is 18. The van der Waals surface area contributed by atoms with E-state index in [1.165, 1.54) is 4.90 Å². The Labute approximate surface area is 332 Å². The van der Waals surface area contributed by atoms with Gasteiger partial charge in [-0.15, -0.1) is 0 Å². The molecular weight excluding hydrogens is 725 g/mol. The van der Waals surface area contributed by atoms with Crippen LogP contribution in [0.2, 0.25) is 0 Å². The highest BCUT2D eigenvalue weighted by molar-refractivity contribution is 6.00. The van der Waals surface area contributed by atoms with Gasteiger partial charge in [-0.3, -0.25) is 24.0 Å². The van der Waals surface area contributed by atoms with E-state index in [0.717, 1.165) is 33.7 Å². The number of carbonyl (C=O) groups is 6. The molecule has 1 aliphatic heterocycles. The number of aromatic nitrogens is 1. The first-order chi connectivity index (χ1) is 27.4. The summed E-state index contributed by atoms with van der Waals surface area (Å²) < 4.78 is 0. The first kappa shape index (κ1) is 41.7. The quantitative estimate of drug-likeness (QED) is 0.0594. The Kier molecular flexibility index (Phi) is 14.2. The average Bonchev–Trinajstić information content (AvgIpc) is 3.62. The molecule has 1 saturated heterocycles. The number of primary amides is 2. The number of piperidine rings is 1. The van der Waals surface area contributed by atoms with Gasteiger partial charge >= 0.3 is 6.03 Å². The van der Waals surface area contributed by atoms with E-state index in [1.807, 2.05) is 85.8 Å². The molecule has 1 unspecified atom stereocenters. The molecule has 0 saturated carbocycles. The summed E-state index contributed by atoms with van der Waals surface area (Å²) in [4.78, 5) is 86.6. The van der Waals surface area contributed by atoms with Crippen LogP contribution in [0.15, 0.2) is 97.7 Å². The van der Waals surface area contributed by atoms with Crippen molar-refractivity contribution in [3.8, 4) is 0 Å². The van der Waals surface area contributed by atoms with Crippen LogP contribution in [-0.2, 0) is 43.4 Å². The molecule has 4 atom stereocenters. The van der Waals surface area contributed by atoms with E-state index in [2.05, 4.69) is 32.8 Å². The number of para-hydroxylation sites is 1. The molecule has 1 fully saturated rings. The van der Waals surface area contributed by atoms with Gasteiger partial charge in [-0.05, 0) is 74.3 Å². The highest BCUT2D eigenvalue weighted by Crippen LogP contribution is 2.39. The largest absolute Gasteiger partial charge is 0.368 e. The number of hydrogen-bond donors (Lipinski definition) is 7. The Morgan fingerprint density at radius 1 is 0.842 bits per heavy atom. The van der Waals surface area contributed by atoms with Gasteiger partial charge in [0.15, 0.2) is 0 Å². The second-order valence-electron chi connectivity index (χ2n) is 14.5. The molecule has 5 rings (SSSR count). The summed E-state index contributed by atoms with van der Waals surface area (Å²) in [7, 11) is 0. The molecule has 0 radical (unpaired) electrons. The second kappa shape index (κ2) is 19.4. The number of fused-ring (bicyclic) bond motifs is 1. The summed E-state index contributed by atoms with van der Waals surface area (Å²) in [5.41, 5.74) is 14.0. The SMILES string of the molecule is C=CC(=O)N[C@@H](Cc1ccccc1)C(=O)N1CCCCC1(C(N)=O)[C@H](Cc1c[nH]c2ccccc12)C(=O)N[C@@H](CCCNC(N)=O)C(=O)NCc1ccc(C)cc1. The molecule has 1 aliphatic rings. The lowest BCUT2D eigenvalue weighted by atomic mass is 9.71. The average molecular weight is 777 g/mol. The number of urea groups is 1. The topological polar surface area (TPSA) is 222 Å². The van der Waals surface area contributed by atoms with Gasteiger partial charge in [0, 0.05) is 43.2 Å². The number of benzene rings is 3. The summed E-state index contributed by atoms with van der Waals surface area (Å²) >= 11 is 0. The number of nitrogens with two attached hydrogens (primary N) is 2. The van der Waals surface area contributed by atoms with Crippen LogP contribution >= 0.6 is 0 Å². The Morgan fingerprint density at radius 2 is 1.56 bits per heavy atom. The number of hydrogen-bond acceptors (Lipinski definition) is 6. The monoisotopic (exact) mass is 776 g/mol. The van der Waals surface area contributed by atoms with Gasteiger partial charge in [0.1, 0.15) is 17.6 Å². The number of carbonyl (C=O) groups excluding carboxylic acids is 6. The summed E-state index contributed by atoms with van der Waals surface area (Å²) in [6, 6.07) is 21.3. The van der Waals surface area contributed by atoms with Crippen LogP contribution in [0.5, 0.6) is 0 Å². The van der Waals surface area contributed by atoms with Gasteiger partial charge in [0.05, 0.1) is 5.92 Å².